The summed E-state index contributed by atoms with van der Waals surface area (Å²) < 4.78 is 13.6. The molecule has 1 rings (SSSR count). The number of nitrogens with zero attached hydrogens (tertiary/aromatic N) is 1. The number of rotatable bonds is 6. The Morgan fingerprint density at radius 3 is 2.56 bits per heavy atom. The van der Waals surface area contributed by atoms with Crippen molar-refractivity contribution >= 4 is 0 Å². The average Bonchev–Trinajstić information content (AvgIpc) is 2.32. The molecule has 2 nitrogen and oxygen atoms in total. The number of pyridine rings is 1. The third-order valence-corrected chi connectivity index (χ3v) is 3.25. The minimum Gasteiger partial charge on any atom is -0.313 e. The molecule has 0 aliphatic carbocycles. The summed E-state index contributed by atoms with van der Waals surface area (Å²) in [6, 6.07) is 1.85. The van der Waals surface area contributed by atoms with Gasteiger partial charge in [0.25, 0.3) is 0 Å². The van der Waals surface area contributed by atoms with Gasteiger partial charge in [0.05, 0.1) is 6.20 Å². The lowest BCUT2D eigenvalue weighted by Crippen LogP contribution is -2.20. The number of halogens is 1. The standard InChI is InChI=1S/C13H21FN2/c1-4-10(5-2)8-13(15-3)11-6-7-16-9-12(11)14/h6-7,9-10,13,15H,4-5,8H2,1-3H3. The van der Waals surface area contributed by atoms with Crippen LogP contribution in [0, 0.1) is 11.7 Å². The van der Waals surface area contributed by atoms with Gasteiger partial charge in [0.1, 0.15) is 5.82 Å². The van der Waals surface area contributed by atoms with E-state index in [-0.39, 0.29) is 11.9 Å². The Morgan fingerprint density at radius 2 is 2.06 bits per heavy atom. The van der Waals surface area contributed by atoms with E-state index < -0.39 is 0 Å². The Balaban J connectivity index is 2.78. The van der Waals surface area contributed by atoms with Gasteiger partial charge in [-0.1, -0.05) is 26.7 Å². The van der Waals surface area contributed by atoms with Gasteiger partial charge in [0.15, 0.2) is 0 Å². The van der Waals surface area contributed by atoms with Crippen molar-refractivity contribution in [2.75, 3.05) is 7.05 Å². The van der Waals surface area contributed by atoms with Gasteiger partial charge in [-0.15, -0.1) is 0 Å². The van der Waals surface area contributed by atoms with Crippen LogP contribution in [0.2, 0.25) is 0 Å². The lowest BCUT2D eigenvalue weighted by atomic mass is 9.91. The van der Waals surface area contributed by atoms with Crippen LogP contribution in [0.1, 0.15) is 44.7 Å². The highest BCUT2D eigenvalue weighted by molar-refractivity contribution is 5.17. The van der Waals surface area contributed by atoms with Gasteiger partial charge in [-0.3, -0.25) is 4.98 Å². The molecule has 1 atom stereocenters. The summed E-state index contributed by atoms with van der Waals surface area (Å²) in [5, 5.41) is 3.19. The summed E-state index contributed by atoms with van der Waals surface area (Å²) in [7, 11) is 1.88. The van der Waals surface area contributed by atoms with Crippen LogP contribution < -0.4 is 5.32 Å². The van der Waals surface area contributed by atoms with Gasteiger partial charge < -0.3 is 5.32 Å². The van der Waals surface area contributed by atoms with E-state index in [2.05, 4.69) is 24.1 Å². The van der Waals surface area contributed by atoms with Gasteiger partial charge in [0, 0.05) is 17.8 Å². The van der Waals surface area contributed by atoms with E-state index in [1.165, 1.54) is 6.20 Å². The molecule has 1 aromatic heterocycles. The van der Waals surface area contributed by atoms with Crippen molar-refractivity contribution in [3.63, 3.8) is 0 Å². The second-order valence-corrected chi connectivity index (χ2v) is 4.16. The van der Waals surface area contributed by atoms with Gasteiger partial charge >= 0.3 is 0 Å². The monoisotopic (exact) mass is 224 g/mol. The number of hydrogen-bond donors (Lipinski definition) is 1. The summed E-state index contributed by atoms with van der Waals surface area (Å²) in [6.07, 6.45) is 6.19. The van der Waals surface area contributed by atoms with Crippen molar-refractivity contribution in [1.29, 1.82) is 0 Å². The molecular formula is C13H21FN2. The van der Waals surface area contributed by atoms with E-state index in [0.29, 0.717) is 5.92 Å². The Kier molecular flexibility index (Phi) is 5.39. The molecule has 0 amide bonds. The van der Waals surface area contributed by atoms with Crippen molar-refractivity contribution < 1.29 is 4.39 Å². The van der Waals surface area contributed by atoms with E-state index in [0.717, 1.165) is 24.8 Å². The first-order chi connectivity index (χ1) is 7.72. The molecule has 0 aliphatic rings. The average molecular weight is 224 g/mol. The zero-order valence-corrected chi connectivity index (χ0v) is 10.3. The van der Waals surface area contributed by atoms with Gasteiger partial charge in [-0.25, -0.2) is 4.39 Å². The fourth-order valence-electron chi connectivity index (χ4n) is 2.02. The minimum absolute atomic E-state index is 0.0906. The maximum absolute atomic E-state index is 13.6. The first-order valence-electron chi connectivity index (χ1n) is 5.99. The van der Waals surface area contributed by atoms with Gasteiger partial charge in [-0.05, 0) is 25.5 Å². The third-order valence-electron chi connectivity index (χ3n) is 3.25. The van der Waals surface area contributed by atoms with Crippen LogP contribution in [0.4, 0.5) is 4.39 Å². The smallest absolute Gasteiger partial charge is 0.146 e. The number of nitrogens with one attached hydrogen (secondary N) is 1. The SMILES string of the molecule is CCC(CC)CC(NC)c1ccncc1F. The zero-order chi connectivity index (χ0) is 12.0. The molecular weight excluding hydrogens is 203 g/mol. The van der Waals surface area contributed by atoms with E-state index in [1.54, 1.807) is 12.3 Å². The molecule has 0 saturated carbocycles. The second-order valence-electron chi connectivity index (χ2n) is 4.16. The Hall–Kier alpha value is -0.960. The first-order valence-corrected chi connectivity index (χ1v) is 5.99. The molecule has 0 bridgehead atoms. The zero-order valence-electron chi connectivity index (χ0n) is 10.3. The van der Waals surface area contributed by atoms with Crippen molar-refractivity contribution in [3.8, 4) is 0 Å². The van der Waals surface area contributed by atoms with E-state index >= 15 is 0 Å². The first kappa shape index (κ1) is 13.1. The summed E-state index contributed by atoms with van der Waals surface area (Å²) in [4.78, 5) is 3.78. The number of hydrogen-bond acceptors (Lipinski definition) is 2. The predicted octanol–water partition coefficient (Wildman–Crippen LogP) is 3.31. The Morgan fingerprint density at radius 1 is 1.38 bits per heavy atom. The highest BCUT2D eigenvalue weighted by atomic mass is 19.1. The van der Waals surface area contributed by atoms with Crippen LogP contribution in [0.15, 0.2) is 18.5 Å². The molecule has 90 valence electrons. The van der Waals surface area contributed by atoms with Gasteiger partial charge in [0.2, 0.25) is 0 Å². The summed E-state index contributed by atoms with van der Waals surface area (Å²) in [5.41, 5.74) is 0.726. The van der Waals surface area contributed by atoms with Crippen LogP contribution in [0.5, 0.6) is 0 Å². The van der Waals surface area contributed by atoms with Crippen LogP contribution >= 0.6 is 0 Å². The molecule has 0 aromatic carbocycles. The van der Waals surface area contributed by atoms with Crippen LogP contribution in [-0.2, 0) is 0 Å². The molecule has 3 heteroatoms. The lowest BCUT2D eigenvalue weighted by Gasteiger charge is -2.22. The fourth-order valence-corrected chi connectivity index (χ4v) is 2.02. The topological polar surface area (TPSA) is 24.9 Å². The minimum atomic E-state index is -0.215. The molecule has 0 fully saturated rings. The van der Waals surface area contributed by atoms with E-state index in [4.69, 9.17) is 0 Å². The molecule has 16 heavy (non-hydrogen) atoms. The number of aromatic nitrogens is 1. The molecule has 0 radical (unpaired) electrons. The van der Waals surface area contributed by atoms with Crippen LogP contribution in [0.25, 0.3) is 0 Å². The highest BCUT2D eigenvalue weighted by Gasteiger charge is 2.17. The quantitative estimate of drug-likeness (QED) is 0.802. The Bertz CT molecular complexity index is 311. The maximum atomic E-state index is 13.6. The van der Waals surface area contributed by atoms with Crippen molar-refractivity contribution in [3.05, 3.63) is 29.8 Å². The molecule has 0 spiro atoms. The largest absolute Gasteiger partial charge is 0.313 e. The normalized spacial score (nSPS) is 13.1. The molecule has 1 aromatic rings. The van der Waals surface area contributed by atoms with Crippen molar-refractivity contribution in [2.24, 2.45) is 5.92 Å². The highest BCUT2D eigenvalue weighted by Crippen LogP contribution is 2.26. The van der Waals surface area contributed by atoms with E-state index in [9.17, 15) is 4.39 Å². The van der Waals surface area contributed by atoms with Crippen LogP contribution in [-0.4, -0.2) is 12.0 Å². The molecule has 1 N–H and O–H groups in total. The maximum Gasteiger partial charge on any atom is 0.146 e. The third kappa shape index (κ3) is 3.27. The molecule has 1 heterocycles. The fraction of sp³-hybridized carbons (Fsp3) is 0.615. The van der Waals surface area contributed by atoms with E-state index in [1.807, 2.05) is 7.05 Å². The van der Waals surface area contributed by atoms with Crippen molar-refractivity contribution in [1.82, 2.24) is 10.3 Å². The van der Waals surface area contributed by atoms with Gasteiger partial charge in [-0.2, -0.15) is 0 Å². The van der Waals surface area contributed by atoms with Crippen LogP contribution in [0.3, 0.4) is 0 Å². The summed E-state index contributed by atoms with van der Waals surface area (Å²) >= 11 is 0. The molecule has 1 unspecified atom stereocenters. The summed E-state index contributed by atoms with van der Waals surface area (Å²) in [5.74, 6) is 0.429. The molecule has 0 aliphatic heterocycles. The second kappa shape index (κ2) is 6.59. The predicted molar refractivity (Wildman–Crippen MR) is 64.7 cm³/mol. The Labute approximate surface area is 97.3 Å². The molecule has 0 saturated heterocycles. The summed E-state index contributed by atoms with van der Waals surface area (Å²) in [6.45, 7) is 4.37. The van der Waals surface area contributed by atoms with Crippen molar-refractivity contribution in [2.45, 2.75) is 39.2 Å². The lowest BCUT2D eigenvalue weighted by molar-refractivity contribution is 0.377.